The van der Waals surface area contributed by atoms with E-state index in [9.17, 15) is 15.0 Å². The highest BCUT2D eigenvalue weighted by atomic mass is 32.2. The summed E-state index contributed by atoms with van der Waals surface area (Å²) >= 11 is 1.14. The Hall–Kier alpha value is -1.08. The van der Waals surface area contributed by atoms with Crippen LogP contribution in [0, 0.1) is 0 Å². The number of rotatable bonds is 6. The van der Waals surface area contributed by atoms with E-state index in [4.69, 9.17) is 5.84 Å². The van der Waals surface area contributed by atoms with Crippen LogP contribution in [0.3, 0.4) is 0 Å². The summed E-state index contributed by atoms with van der Waals surface area (Å²) in [6, 6.07) is 6.83. The normalized spacial score (nSPS) is 14.0. The number of nitrogens with one attached hydrogen (secondary N) is 1. The second-order valence-corrected chi connectivity index (χ2v) is 5.18. The minimum atomic E-state index is -0.954. The molecule has 0 amide bonds. The first-order chi connectivity index (χ1) is 8.54. The fourth-order valence-corrected chi connectivity index (χ4v) is 2.13. The first kappa shape index (κ1) is 15.0. The zero-order valence-electron chi connectivity index (χ0n) is 10.2. The highest BCUT2D eigenvalue weighted by Crippen LogP contribution is 2.21. The van der Waals surface area contributed by atoms with Gasteiger partial charge in [-0.1, -0.05) is 23.9 Å². The van der Waals surface area contributed by atoms with Crippen LogP contribution in [0.2, 0.25) is 0 Å². The molecule has 6 heteroatoms. The maximum atomic E-state index is 10.7. The predicted octanol–water partition coefficient (Wildman–Crippen LogP) is 1.04. The number of aliphatic hydroxyl groups excluding tert-OH is 2. The van der Waals surface area contributed by atoms with Gasteiger partial charge in [0, 0.05) is 18.4 Å². The van der Waals surface area contributed by atoms with Gasteiger partial charge in [-0.3, -0.25) is 10.6 Å². The Kier molecular flexibility index (Phi) is 6.14. The molecule has 5 N–H and O–H groups in total. The summed E-state index contributed by atoms with van der Waals surface area (Å²) in [5.74, 6) is 5.73. The van der Waals surface area contributed by atoms with Crippen molar-refractivity contribution in [3.63, 3.8) is 0 Å². The maximum Gasteiger partial charge on any atom is 0.185 e. The minimum absolute atomic E-state index is 0.00932. The van der Waals surface area contributed by atoms with Gasteiger partial charge in [0.1, 0.15) is 6.10 Å². The number of nitrogen functional groups attached to an aromatic ring is 1. The zero-order valence-corrected chi connectivity index (χ0v) is 11.0. The van der Waals surface area contributed by atoms with Gasteiger partial charge in [0.2, 0.25) is 0 Å². The Balaban J connectivity index is 2.51. The van der Waals surface area contributed by atoms with Gasteiger partial charge in [0.05, 0.1) is 6.10 Å². The first-order valence-corrected chi connectivity index (χ1v) is 6.59. The number of hydrazine groups is 1. The van der Waals surface area contributed by atoms with E-state index >= 15 is 0 Å². The molecule has 0 saturated carbocycles. The second kappa shape index (κ2) is 7.38. The number of hydrogen-bond donors (Lipinski definition) is 4. The lowest BCUT2D eigenvalue weighted by Gasteiger charge is -2.18. The quantitative estimate of drug-likeness (QED) is 0.455. The van der Waals surface area contributed by atoms with Crippen molar-refractivity contribution in [1.82, 2.24) is 0 Å². The lowest BCUT2D eigenvalue weighted by atomic mass is 10.0. The van der Waals surface area contributed by atoms with Crippen molar-refractivity contribution in [3.8, 4) is 0 Å². The largest absolute Gasteiger partial charge is 0.390 e. The van der Waals surface area contributed by atoms with E-state index in [1.165, 1.54) is 6.92 Å². The predicted molar refractivity (Wildman–Crippen MR) is 73.0 cm³/mol. The van der Waals surface area contributed by atoms with Gasteiger partial charge >= 0.3 is 0 Å². The van der Waals surface area contributed by atoms with Crippen LogP contribution in [-0.4, -0.2) is 27.2 Å². The molecule has 2 unspecified atom stereocenters. The summed E-state index contributed by atoms with van der Waals surface area (Å²) in [7, 11) is 0. The Labute approximate surface area is 110 Å². The van der Waals surface area contributed by atoms with E-state index in [0.29, 0.717) is 17.7 Å². The Morgan fingerprint density at radius 2 is 2.00 bits per heavy atom. The van der Waals surface area contributed by atoms with E-state index in [-0.39, 0.29) is 5.12 Å². The average molecular weight is 270 g/mol. The lowest BCUT2D eigenvalue weighted by Crippen LogP contribution is -2.19. The van der Waals surface area contributed by atoms with Crippen LogP contribution < -0.4 is 11.3 Å². The van der Waals surface area contributed by atoms with Crippen molar-refractivity contribution in [2.75, 3.05) is 11.2 Å². The van der Waals surface area contributed by atoms with E-state index in [1.54, 1.807) is 24.3 Å². The Morgan fingerprint density at radius 1 is 1.39 bits per heavy atom. The van der Waals surface area contributed by atoms with Crippen molar-refractivity contribution >= 4 is 22.6 Å². The number of anilines is 1. The van der Waals surface area contributed by atoms with Crippen LogP contribution in [0.25, 0.3) is 0 Å². The van der Waals surface area contributed by atoms with Crippen molar-refractivity contribution in [2.45, 2.75) is 25.6 Å². The number of thioether (sulfide) groups is 1. The number of carbonyl (C=O) groups is 1. The van der Waals surface area contributed by atoms with E-state index in [2.05, 4.69) is 5.43 Å². The molecule has 1 rings (SSSR count). The van der Waals surface area contributed by atoms with Crippen molar-refractivity contribution in [1.29, 1.82) is 0 Å². The Bertz CT molecular complexity index is 383. The van der Waals surface area contributed by atoms with Gasteiger partial charge in [-0.15, -0.1) is 0 Å². The third-order valence-corrected chi connectivity index (χ3v) is 3.35. The SMILES string of the molecule is CC(=O)SCCC(O)C(O)c1ccc(NN)cc1. The monoisotopic (exact) mass is 270 g/mol. The van der Waals surface area contributed by atoms with E-state index < -0.39 is 12.2 Å². The molecule has 1 aromatic carbocycles. The average Bonchev–Trinajstić information content (AvgIpc) is 2.37. The third kappa shape index (κ3) is 4.66. The highest BCUT2D eigenvalue weighted by Gasteiger charge is 2.18. The summed E-state index contributed by atoms with van der Waals surface area (Å²) in [6.07, 6.45) is -1.47. The van der Waals surface area contributed by atoms with Crippen LogP contribution in [0.4, 0.5) is 5.69 Å². The van der Waals surface area contributed by atoms with Crippen LogP contribution >= 0.6 is 11.8 Å². The minimum Gasteiger partial charge on any atom is -0.390 e. The smallest absolute Gasteiger partial charge is 0.185 e. The van der Waals surface area contributed by atoms with Crippen LogP contribution in [0.5, 0.6) is 0 Å². The lowest BCUT2D eigenvalue weighted by molar-refractivity contribution is -0.109. The molecule has 0 aliphatic heterocycles. The summed E-state index contributed by atoms with van der Waals surface area (Å²) < 4.78 is 0. The van der Waals surface area contributed by atoms with Gasteiger partial charge in [-0.05, 0) is 24.1 Å². The van der Waals surface area contributed by atoms with Gasteiger partial charge in [0.25, 0.3) is 0 Å². The van der Waals surface area contributed by atoms with Crippen LogP contribution in [0.15, 0.2) is 24.3 Å². The maximum absolute atomic E-state index is 10.7. The fourth-order valence-electron chi connectivity index (χ4n) is 1.48. The van der Waals surface area contributed by atoms with Crippen molar-refractivity contribution in [2.24, 2.45) is 5.84 Å². The summed E-state index contributed by atoms with van der Waals surface area (Å²) in [5, 5.41) is 19.7. The molecule has 18 heavy (non-hydrogen) atoms. The van der Waals surface area contributed by atoms with Gasteiger partial charge in [-0.2, -0.15) is 0 Å². The molecule has 0 heterocycles. The molecule has 0 spiro atoms. The molecule has 0 aromatic heterocycles. The molecule has 100 valence electrons. The molecule has 0 aliphatic rings. The molecule has 2 atom stereocenters. The zero-order chi connectivity index (χ0) is 13.5. The fraction of sp³-hybridized carbons (Fsp3) is 0.417. The molecule has 5 nitrogen and oxygen atoms in total. The molecule has 0 saturated heterocycles. The number of carbonyl (C=O) groups excluding carboxylic acids is 1. The standard InChI is InChI=1S/C12H18N2O3S/c1-8(15)18-7-6-11(16)12(17)9-2-4-10(14-13)5-3-9/h2-5,11-12,14,16-17H,6-7,13H2,1H3. The first-order valence-electron chi connectivity index (χ1n) is 5.60. The van der Waals surface area contributed by atoms with Crippen molar-refractivity contribution in [3.05, 3.63) is 29.8 Å². The van der Waals surface area contributed by atoms with E-state index in [1.807, 2.05) is 0 Å². The van der Waals surface area contributed by atoms with Gasteiger partial charge in [-0.25, -0.2) is 0 Å². The highest BCUT2D eigenvalue weighted by molar-refractivity contribution is 8.13. The van der Waals surface area contributed by atoms with Gasteiger partial charge < -0.3 is 15.6 Å². The number of hydrogen-bond acceptors (Lipinski definition) is 6. The number of aliphatic hydroxyl groups is 2. The van der Waals surface area contributed by atoms with Crippen LogP contribution in [0.1, 0.15) is 25.0 Å². The molecule has 1 aromatic rings. The summed E-state index contributed by atoms with van der Waals surface area (Å²) in [4.78, 5) is 10.7. The summed E-state index contributed by atoms with van der Waals surface area (Å²) in [6.45, 7) is 1.48. The molecule has 0 aliphatic carbocycles. The molecule has 0 radical (unpaired) electrons. The molecular weight excluding hydrogens is 252 g/mol. The van der Waals surface area contributed by atoms with Crippen LogP contribution in [-0.2, 0) is 4.79 Å². The van der Waals surface area contributed by atoms with Crippen molar-refractivity contribution < 1.29 is 15.0 Å². The molecule has 0 fully saturated rings. The number of nitrogens with two attached hydrogens (primary N) is 1. The van der Waals surface area contributed by atoms with Gasteiger partial charge in [0.15, 0.2) is 5.12 Å². The topological polar surface area (TPSA) is 95.6 Å². The third-order valence-electron chi connectivity index (χ3n) is 2.50. The Morgan fingerprint density at radius 3 is 2.50 bits per heavy atom. The number of benzene rings is 1. The second-order valence-electron chi connectivity index (χ2n) is 3.91. The molecular formula is C12H18N2O3S. The summed E-state index contributed by atoms with van der Waals surface area (Å²) in [5.41, 5.74) is 3.83. The van der Waals surface area contributed by atoms with E-state index in [0.717, 1.165) is 17.4 Å². The molecule has 0 bridgehead atoms.